The fourth-order valence-corrected chi connectivity index (χ4v) is 2.56. The van der Waals surface area contributed by atoms with Crippen LogP contribution in [0.15, 0.2) is 12.3 Å². The van der Waals surface area contributed by atoms with Crippen molar-refractivity contribution in [3.8, 4) is 0 Å². The van der Waals surface area contributed by atoms with E-state index in [4.69, 9.17) is 4.74 Å². The monoisotopic (exact) mass is 295 g/mol. The molecule has 2 rings (SSSR count). The van der Waals surface area contributed by atoms with Crippen LogP contribution in [0.1, 0.15) is 38.8 Å². The fraction of sp³-hybridized carbons (Fsp3) is 0.643. The summed E-state index contributed by atoms with van der Waals surface area (Å²) in [6.45, 7) is 5.63. The number of carbonyl (C=O) groups is 2. The fourth-order valence-electron chi connectivity index (χ4n) is 2.56. The normalized spacial score (nSPS) is 22.4. The van der Waals surface area contributed by atoms with Crippen molar-refractivity contribution < 1.29 is 19.4 Å². The molecule has 2 heterocycles. The summed E-state index contributed by atoms with van der Waals surface area (Å²) in [6.07, 6.45) is 1.74. The van der Waals surface area contributed by atoms with Crippen LogP contribution >= 0.6 is 0 Å². The second kappa shape index (κ2) is 5.38. The van der Waals surface area contributed by atoms with E-state index in [2.05, 4.69) is 5.10 Å². The Labute approximate surface area is 123 Å². The van der Waals surface area contributed by atoms with Crippen molar-refractivity contribution in [3.63, 3.8) is 0 Å². The molecule has 1 aromatic rings. The van der Waals surface area contributed by atoms with Crippen LogP contribution in [0.25, 0.3) is 0 Å². The minimum absolute atomic E-state index is 0.309. The molecular weight excluding hydrogens is 274 g/mol. The molecule has 2 unspecified atom stereocenters. The van der Waals surface area contributed by atoms with Crippen LogP contribution in [-0.2, 0) is 16.6 Å². The Kier molecular flexibility index (Phi) is 3.93. The molecule has 7 nitrogen and oxygen atoms in total. The van der Waals surface area contributed by atoms with E-state index < -0.39 is 23.7 Å². The first-order valence-corrected chi connectivity index (χ1v) is 6.91. The number of ether oxygens (including phenoxy) is 1. The van der Waals surface area contributed by atoms with Gasteiger partial charge in [0, 0.05) is 25.7 Å². The van der Waals surface area contributed by atoms with Gasteiger partial charge in [0.1, 0.15) is 11.6 Å². The van der Waals surface area contributed by atoms with Crippen molar-refractivity contribution >= 4 is 12.1 Å². The molecule has 0 spiro atoms. The summed E-state index contributed by atoms with van der Waals surface area (Å²) < 4.78 is 6.92. The predicted octanol–water partition coefficient (Wildman–Crippen LogP) is 1.60. The van der Waals surface area contributed by atoms with Crippen LogP contribution in [0.5, 0.6) is 0 Å². The minimum atomic E-state index is -1.03. The van der Waals surface area contributed by atoms with Crippen molar-refractivity contribution in [1.82, 2.24) is 14.7 Å². The lowest BCUT2D eigenvalue weighted by Gasteiger charge is -2.28. The number of carboxylic acids is 1. The van der Waals surface area contributed by atoms with Gasteiger partial charge in [-0.25, -0.2) is 9.59 Å². The highest BCUT2D eigenvalue weighted by Crippen LogP contribution is 2.33. The van der Waals surface area contributed by atoms with Gasteiger partial charge in [-0.2, -0.15) is 5.10 Å². The van der Waals surface area contributed by atoms with Gasteiger partial charge in [-0.05, 0) is 33.3 Å². The lowest BCUT2D eigenvalue weighted by atomic mass is 9.97. The molecule has 1 aliphatic heterocycles. The molecule has 2 atom stereocenters. The van der Waals surface area contributed by atoms with E-state index in [9.17, 15) is 14.7 Å². The Balaban J connectivity index is 2.21. The van der Waals surface area contributed by atoms with Crippen LogP contribution in [-0.4, -0.2) is 50.0 Å². The first-order valence-electron chi connectivity index (χ1n) is 6.91. The molecule has 1 fully saturated rings. The summed E-state index contributed by atoms with van der Waals surface area (Å²) in [5, 5.41) is 13.8. The second-order valence-corrected chi connectivity index (χ2v) is 6.27. The zero-order valence-corrected chi connectivity index (χ0v) is 12.7. The number of hydrogen-bond donors (Lipinski definition) is 1. The smallest absolute Gasteiger partial charge is 0.411 e. The quantitative estimate of drug-likeness (QED) is 0.895. The summed E-state index contributed by atoms with van der Waals surface area (Å²) in [7, 11) is 1.78. The van der Waals surface area contributed by atoms with Gasteiger partial charge in [0.25, 0.3) is 0 Å². The highest BCUT2D eigenvalue weighted by atomic mass is 16.6. The average molecular weight is 295 g/mol. The summed E-state index contributed by atoms with van der Waals surface area (Å²) >= 11 is 0. The van der Waals surface area contributed by atoms with E-state index >= 15 is 0 Å². The lowest BCUT2D eigenvalue weighted by molar-refractivity contribution is -0.142. The number of aromatic nitrogens is 2. The maximum Gasteiger partial charge on any atom is 0.411 e. The molecule has 0 aromatic carbocycles. The highest BCUT2D eigenvalue weighted by molar-refractivity contribution is 5.82. The van der Waals surface area contributed by atoms with Crippen molar-refractivity contribution in [2.45, 2.75) is 44.8 Å². The first-order chi connectivity index (χ1) is 9.69. The lowest BCUT2D eigenvalue weighted by Crippen LogP contribution is -2.45. The zero-order chi connectivity index (χ0) is 15.8. The molecule has 0 radical (unpaired) electrons. The van der Waals surface area contributed by atoms with Crippen LogP contribution in [0.4, 0.5) is 4.79 Å². The van der Waals surface area contributed by atoms with Crippen LogP contribution in [0, 0.1) is 0 Å². The molecule has 1 aliphatic rings. The van der Waals surface area contributed by atoms with Gasteiger partial charge >= 0.3 is 12.1 Å². The van der Waals surface area contributed by atoms with Crippen LogP contribution in [0.3, 0.4) is 0 Å². The number of carbonyl (C=O) groups excluding carboxylic acids is 1. The first kappa shape index (κ1) is 15.3. The summed E-state index contributed by atoms with van der Waals surface area (Å²) in [6, 6.07) is 0.855. The maximum atomic E-state index is 12.2. The Morgan fingerprint density at radius 1 is 1.43 bits per heavy atom. The van der Waals surface area contributed by atoms with E-state index in [0.717, 1.165) is 0 Å². The third-order valence-electron chi connectivity index (χ3n) is 3.39. The van der Waals surface area contributed by atoms with Crippen molar-refractivity contribution in [2.24, 2.45) is 7.05 Å². The molecule has 0 saturated carbocycles. The molecule has 0 bridgehead atoms. The van der Waals surface area contributed by atoms with E-state index in [1.807, 2.05) is 0 Å². The molecule has 0 aliphatic carbocycles. The van der Waals surface area contributed by atoms with Crippen LogP contribution in [0.2, 0.25) is 0 Å². The molecule has 21 heavy (non-hydrogen) atoms. The molecule has 116 valence electrons. The largest absolute Gasteiger partial charge is 0.480 e. The summed E-state index contributed by atoms with van der Waals surface area (Å²) in [5.74, 6) is -1.34. The number of nitrogens with zero attached hydrogens (tertiary/aromatic N) is 3. The number of carboxylic acid groups (broad SMARTS) is 1. The molecule has 1 N–H and O–H groups in total. The third kappa shape index (κ3) is 3.34. The Hall–Kier alpha value is -2.05. The van der Waals surface area contributed by atoms with Crippen molar-refractivity contribution in [3.05, 3.63) is 18.0 Å². The number of hydrogen-bond acceptors (Lipinski definition) is 4. The van der Waals surface area contributed by atoms with E-state index in [1.54, 1.807) is 44.8 Å². The number of aliphatic carboxylic acids is 1. The van der Waals surface area contributed by atoms with Gasteiger partial charge in [0.05, 0.1) is 5.69 Å². The molecule has 1 amide bonds. The second-order valence-electron chi connectivity index (χ2n) is 6.27. The van der Waals surface area contributed by atoms with Crippen molar-refractivity contribution in [2.75, 3.05) is 6.54 Å². The number of rotatable bonds is 2. The number of aryl methyl sites for hydroxylation is 1. The number of likely N-dealkylation sites (tertiary alicyclic amines) is 1. The van der Waals surface area contributed by atoms with E-state index in [0.29, 0.717) is 18.7 Å². The maximum absolute atomic E-state index is 12.2. The van der Waals surface area contributed by atoms with Gasteiger partial charge < -0.3 is 9.84 Å². The Morgan fingerprint density at radius 2 is 2.10 bits per heavy atom. The molecular formula is C14H21N3O4. The van der Waals surface area contributed by atoms with E-state index in [-0.39, 0.29) is 5.92 Å². The Bertz CT molecular complexity index is 547. The standard InChI is InChI=1S/C14H21N3O4/c1-14(2,3)21-13(20)17-8-5-9(11(17)12(18)19)10-6-7-16(4)15-10/h6-7,9,11H,5,8H2,1-4H3,(H,18,19). The topological polar surface area (TPSA) is 84.7 Å². The van der Waals surface area contributed by atoms with Gasteiger partial charge in [0.2, 0.25) is 0 Å². The third-order valence-corrected chi connectivity index (χ3v) is 3.39. The van der Waals surface area contributed by atoms with Gasteiger partial charge in [0.15, 0.2) is 0 Å². The van der Waals surface area contributed by atoms with Crippen molar-refractivity contribution in [1.29, 1.82) is 0 Å². The summed E-state index contributed by atoms with van der Waals surface area (Å²) in [5.41, 5.74) is 0.0411. The highest BCUT2D eigenvalue weighted by Gasteiger charge is 2.45. The SMILES string of the molecule is Cn1ccc(C2CCN(C(=O)OC(C)(C)C)C2C(=O)O)n1. The number of amides is 1. The molecule has 7 heteroatoms. The predicted molar refractivity (Wildman–Crippen MR) is 74.9 cm³/mol. The van der Waals surface area contributed by atoms with Gasteiger partial charge in [-0.3, -0.25) is 9.58 Å². The van der Waals surface area contributed by atoms with E-state index in [1.165, 1.54) is 4.90 Å². The average Bonchev–Trinajstić information content (AvgIpc) is 2.91. The molecule has 1 aromatic heterocycles. The van der Waals surface area contributed by atoms with Gasteiger partial charge in [-0.1, -0.05) is 0 Å². The minimum Gasteiger partial charge on any atom is -0.480 e. The Morgan fingerprint density at radius 3 is 2.57 bits per heavy atom. The summed E-state index contributed by atoms with van der Waals surface area (Å²) in [4.78, 5) is 25.0. The zero-order valence-electron chi connectivity index (χ0n) is 12.7. The van der Waals surface area contributed by atoms with Crippen LogP contribution < -0.4 is 0 Å². The van der Waals surface area contributed by atoms with Gasteiger partial charge in [-0.15, -0.1) is 0 Å². The molecule has 1 saturated heterocycles.